The van der Waals surface area contributed by atoms with Crippen LogP contribution in [0.25, 0.3) is 0 Å². The summed E-state index contributed by atoms with van der Waals surface area (Å²) < 4.78 is 43.7. The Kier molecular flexibility index (Phi) is 4.85. The molecule has 112 valence electrons. The summed E-state index contributed by atoms with van der Waals surface area (Å²) in [5.41, 5.74) is 5.69. The van der Waals surface area contributed by atoms with Crippen molar-refractivity contribution in [1.29, 1.82) is 0 Å². The largest absolute Gasteiger partial charge is 0.457 e. The van der Waals surface area contributed by atoms with Crippen molar-refractivity contribution in [2.45, 2.75) is 19.0 Å². The van der Waals surface area contributed by atoms with Gasteiger partial charge in [-0.2, -0.15) is 13.2 Å². The van der Waals surface area contributed by atoms with Crippen molar-refractivity contribution in [2.24, 2.45) is 5.73 Å². The number of hydrogen-bond donors (Lipinski definition) is 1. The molecule has 2 N–H and O–H groups in total. The van der Waals surface area contributed by atoms with Crippen molar-refractivity contribution in [3.8, 4) is 11.5 Å². The van der Waals surface area contributed by atoms with E-state index in [9.17, 15) is 13.2 Å². The molecule has 0 spiro atoms. The van der Waals surface area contributed by atoms with Crippen molar-refractivity contribution in [3.63, 3.8) is 0 Å². The Morgan fingerprint density at radius 2 is 1.76 bits per heavy atom. The molecule has 0 atom stereocenters. The Hall–Kier alpha value is -2.01. The monoisotopic (exact) mass is 295 g/mol. The molecule has 0 radical (unpaired) electrons. The second-order valence-corrected chi connectivity index (χ2v) is 4.63. The van der Waals surface area contributed by atoms with E-state index >= 15 is 0 Å². The number of alkyl halides is 3. The molecular weight excluding hydrogens is 279 g/mol. The van der Waals surface area contributed by atoms with E-state index in [4.69, 9.17) is 10.5 Å². The highest BCUT2D eigenvalue weighted by molar-refractivity contribution is 5.39. The molecule has 0 amide bonds. The highest BCUT2D eigenvalue weighted by atomic mass is 19.4. The summed E-state index contributed by atoms with van der Waals surface area (Å²) in [4.78, 5) is 0. The van der Waals surface area contributed by atoms with Crippen LogP contribution in [-0.4, -0.2) is 6.54 Å². The van der Waals surface area contributed by atoms with E-state index in [1.165, 1.54) is 12.1 Å². The van der Waals surface area contributed by atoms with E-state index in [2.05, 4.69) is 0 Å². The fourth-order valence-corrected chi connectivity index (χ4v) is 1.97. The summed E-state index contributed by atoms with van der Waals surface area (Å²) in [6, 6.07) is 12.1. The molecule has 2 rings (SSSR count). The van der Waals surface area contributed by atoms with E-state index in [0.29, 0.717) is 12.3 Å². The Morgan fingerprint density at radius 1 is 1.00 bits per heavy atom. The molecule has 0 aliphatic carbocycles. The molecule has 2 aromatic carbocycles. The first kappa shape index (κ1) is 15.4. The lowest BCUT2D eigenvalue weighted by molar-refractivity contribution is -0.137. The zero-order chi connectivity index (χ0) is 15.3. The van der Waals surface area contributed by atoms with Gasteiger partial charge in [-0.15, -0.1) is 0 Å². The maximum absolute atomic E-state index is 12.7. The van der Waals surface area contributed by atoms with Gasteiger partial charge in [-0.05, 0) is 49.2 Å². The zero-order valence-corrected chi connectivity index (χ0v) is 11.4. The second kappa shape index (κ2) is 6.63. The standard InChI is InChI=1S/C16H16F3NO/c17-16(18,19)13-7-3-8-14(11-13)21-15-9-2-1-5-12(15)6-4-10-20/h1-3,5,7-9,11H,4,6,10,20H2. The summed E-state index contributed by atoms with van der Waals surface area (Å²) in [7, 11) is 0. The zero-order valence-electron chi connectivity index (χ0n) is 11.4. The van der Waals surface area contributed by atoms with Crippen LogP contribution in [0.1, 0.15) is 17.5 Å². The molecule has 0 heterocycles. The van der Waals surface area contributed by atoms with Crippen molar-refractivity contribution in [2.75, 3.05) is 6.54 Å². The molecule has 21 heavy (non-hydrogen) atoms. The fraction of sp³-hybridized carbons (Fsp3) is 0.250. The quantitative estimate of drug-likeness (QED) is 0.888. The maximum atomic E-state index is 12.7. The van der Waals surface area contributed by atoms with Gasteiger partial charge in [0.2, 0.25) is 0 Å². The Labute approximate surface area is 121 Å². The number of para-hydroxylation sites is 1. The molecule has 0 aromatic heterocycles. The first-order valence-electron chi connectivity index (χ1n) is 6.64. The number of rotatable bonds is 5. The third-order valence-corrected chi connectivity index (χ3v) is 3.01. The minimum absolute atomic E-state index is 0.171. The third kappa shape index (κ3) is 4.23. The molecule has 0 aliphatic rings. The summed E-state index contributed by atoms with van der Waals surface area (Å²) in [5.74, 6) is 0.732. The first-order valence-corrected chi connectivity index (χ1v) is 6.64. The van der Waals surface area contributed by atoms with Gasteiger partial charge >= 0.3 is 6.18 Å². The number of hydrogen-bond acceptors (Lipinski definition) is 2. The van der Waals surface area contributed by atoms with Gasteiger partial charge in [-0.25, -0.2) is 0 Å². The van der Waals surface area contributed by atoms with Gasteiger partial charge in [-0.3, -0.25) is 0 Å². The van der Waals surface area contributed by atoms with Crippen molar-refractivity contribution >= 4 is 0 Å². The van der Waals surface area contributed by atoms with Gasteiger partial charge in [0.25, 0.3) is 0 Å². The van der Waals surface area contributed by atoms with Crippen LogP contribution in [0.4, 0.5) is 13.2 Å². The van der Waals surface area contributed by atoms with Gasteiger partial charge in [-0.1, -0.05) is 24.3 Å². The fourth-order valence-electron chi connectivity index (χ4n) is 1.97. The predicted octanol–water partition coefficient (Wildman–Crippen LogP) is 4.39. The van der Waals surface area contributed by atoms with E-state index in [0.717, 1.165) is 30.5 Å². The summed E-state index contributed by atoms with van der Waals surface area (Å²) in [6.07, 6.45) is -2.85. The highest BCUT2D eigenvalue weighted by Crippen LogP contribution is 2.33. The molecular formula is C16H16F3NO. The third-order valence-electron chi connectivity index (χ3n) is 3.01. The molecule has 0 saturated heterocycles. The van der Waals surface area contributed by atoms with Gasteiger partial charge < -0.3 is 10.5 Å². The van der Waals surface area contributed by atoms with E-state index in [-0.39, 0.29) is 5.75 Å². The molecule has 0 unspecified atom stereocenters. The van der Waals surface area contributed by atoms with Crippen LogP contribution < -0.4 is 10.5 Å². The summed E-state index contributed by atoms with van der Waals surface area (Å²) in [6.45, 7) is 0.553. The van der Waals surface area contributed by atoms with Crippen LogP contribution in [0, 0.1) is 0 Å². The van der Waals surface area contributed by atoms with Crippen molar-refractivity contribution < 1.29 is 17.9 Å². The molecule has 2 aromatic rings. The van der Waals surface area contributed by atoms with Crippen molar-refractivity contribution in [1.82, 2.24) is 0 Å². The second-order valence-electron chi connectivity index (χ2n) is 4.63. The lowest BCUT2D eigenvalue weighted by Crippen LogP contribution is -2.04. The smallest absolute Gasteiger partial charge is 0.416 e. The number of ether oxygens (including phenoxy) is 1. The Balaban J connectivity index is 2.22. The lowest BCUT2D eigenvalue weighted by atomic mass is 10.1. The number of halogens is 3. The molecule has 5 heteroatoms. The average molecular weight is 295 g/mol. The number of nitrogens with two attached hydrogens (primary N) is 1. The van der Waals surface area contributed by atoms with Crippen LogP contribution in [0.15, 0.2) is 48.5 Å². The predicted molar refractivity (Wildman–Crippen MR) is 75.3 cm³/mol. The van der Waals surface area contributed by atoms with E-state index in [1.807, 2.05) is 12.1 Å². The lowest BCUT2D eigenvalue weighted by Gasteiger charge is -2.12. The normalized spacial score (nSPS) is 11.4. The summed E-state index contributed by atoms with van der Waals surface area (Å²) >= 11 is 0. The van der Waals surface area contributed by atoms with Gasteiger partial charge in [0.05, 0.1) is 5.56 Å². The van der Waals surface area contributed by atoms with Crippen LogP contribution in [0.5, 0.6) is 11.5 Å². The maximum Gasteiger partial charge on any atom is 0.416 e. The highest BCUT2D eigenvalue weighted by Gasteiger charge is 2.30. The minimum Gasteiger partial charge on any atom is -0.457 e. The van der Waals surface area contributed by atoms with Crippen molar-refractivity contribution in [3.05, 3.63) is 59.7 Å². The van der Waals surface area contributed by atoms with Gasteiger partial charge in [0, 0.05) is 0 Å². The van der Waals surface area contributed by atoms with E-state index < -0.39 is 11.7 Å². The SMILES string of the molecule is NCCCc1ccccc1Oc1cccc(C(F)(F)F)c1. The topological polar surface area (TPSA) is 35.2 Å². The molecule has 0 aliphatic heterocycles. The van der Waals surface area contributed by atoms with Crippen LogP contribution >= 0.6 is 0 Å². The Bertz CT molecular complexity index is 596. The van der Waals surface area contributed by atoms with Crippen LogP contribution in [-0.2, 0) is 12.6 Å². The van der Waals surface area contributed by atoms with E-state index in [1.54, 1.807) is 12.1 Å². The Morgan fingerprint density at radius 3 is 2.48 bits per heavy atom. The summed E-state index contributed by atoms with van der Waals surface area (Å²) in [5, 5.41) is 0. The molecule has 0 saturated carbocycles. The number of benzene rings is 2. The average Bonchev–Trinajstić information content (AvgIpc) is 2.46. The molecule has 0 fully saturated rings. The number of aryl methyl sites for hydroxylation is 1. The molecule has 2 nitrogen and oxygen atoms in total. The first-order chi connectivity index (χ1) is 10.0. The molecule has 0 bridgehead atoms. The van der Waals surface area contributed by atoms with Crippen LogP contribution in [0.2, 0.25) is 0 Å². The van der Waals surface area contributed by atoms with Gasteiger partial charge in [0.1, 0.15) is 11.5 Å². The van der Waals surface area contributed by atoms with Gasteiger partial charge in [0.15, 0.2) is 0 Å². The van der Waals surface area contributed by atoms with Crippen LogP contribution in [0.3, 0.4) is 0 Å². The minimum atomic E-state index is -4.38.